The molecule has 1 rings (SSSR count). The van der Waals surface area contributed by atoms with Crippen molar-refractivity contribution in [1.29, 1.82) is 0 Å². The highest BCUT2D eigenvalue weighted by Crippen LogP contribution is 2.19. The maximum absolute atomic E-state index is 12.2. The largest absolute Gasteiger partial charge is 0.497 e. The minimum Gasteiger partial charge on any atom is -0.497 e. The number of ether oxygens (including phenoxy) is 1. The molecule has 0 amide bonds. The summed E-state index contributed by atoms with van der Waals surface area (Å²) in [6, 6.07) is 6.22. The normalized spacial score (nSPS) is 15.1. The van der Waals surface area contributed by atoms with E-state index in [1.165, 1.54) is 19.2 Å². The maximum Gasteiger partial charge on any atom is 0.240 e. The molecule has 2 N–H and O–H groups in total. The van der Waals surface area contributed by atoms with Gasteiger partial charge in [-0.3, -0.25) is 0 Å². The van der Waals surface area contributed by atoms with E-state index in [1.807, 2.05) is 13.8 Å². The SMILES string of the molecule is COc1cccc(S(=O)(=O)NCC(C)(O)CC(C)C)c1. The lowest BCUT2D eigenvalue weighted by atomic mass is 9.95. The van der Waals surface area contributed by atoms with Crippen molar-refractivity contribution in [3.63, 3.8) is 0 Å². The molecule has 0 aromatic heterocycles. The summed E-state index contributed by atoms with van der Waals surface area (Å²) in [6.45, 7) is 5.56. The first-order valence-electron chi connectivity index (χ1n) is 6.52. The van der Waals surface area contributed by atoms with Crippen molar-refractivity contribution >= 4 is 10.0 Å². The molecule has 0 aliphatic heterocycles. The predicted molar refractivity (Wildman–Crippen MR) is 78.3 cm³/mol. The minimum absolute atomic E-state index is 0.0231. The molecule has 1 aromatic rings. The van der Waals surface area contributed by atoms with Gasteiger partial charge in [0.15, 0.2) is 0 Å². The number of rotatable bonds is 7. The van der Waals surface area contributed by atoms with E-state index in [4.69, 9.17) is 4.74 Å². The zero-order chi connectivity index (χ0) is 15.4. The molecule has 1 atom stereocenters. The highest BCUT2D eigenvalue weighted by molar-refractivity contribution is 7.89. The number of sulfonamides is 1. The summed E-state index contributed by atoms with van der Waals surface area (Å²) < 4.78 is 31.8. The Balaban J connectivity index is 2.80. The van der Waals surface area contributed by atoms with Gasteiger partial charge in [0.05, 0.1) is 17.6 Å². The fourth-order valence-electron chi connectivity index (χ4n) is 2.05. The van der Waals surface area contributed by atoms with Crippen LogP contribution in [0.25, 0.3) is 0 Å². The van der Waals surface area contributed by atoms with Gasteiger partial charge in [0, 0.05) is 12.6 Å². The molecule has 1 unspecified atom stereocenters. The molecule has 0 saturated heterocycles. The lowest BCUT2D eigenvalue weighted by molar-refractivity contribution is 0.0437. The van der Waals surface area contributed by atoms with Crippen LogP contribution < -0.4 is 9.46 Å². The smallest absolute Gasteiger partial charge is 0.240 e. The van der Waals surface area contributed by atoms with Crippen molar-refractivity contribution in [3.8, 4) is 5.75 Å². The highest BCUT2D eigenvalue weighted by Gasteiger charge is 2.25. The summed E-state index contributed by atoms with van der Waals surface area (Å²) in [5.74, 6) is 0.758. The number of nitrogens with one attached hydrogen (secondary N) is 1. The molecule has 114 valence electrons. The van der Waals surface area contributed by atoms with E-state index < -0.39 is 15.6 Å². The van der Waals surface area contributed by atoms with E-state index >= 15 is 0 Å². The van der Waals surface area contributed by atoms with Crippen LogP contribution in [0.15, 0.2) is 29.2 Å². The van der Waals surface area contributed by atoms with Crippen LogP contribution in [-0.4, -0.2) is 32.8 Å². The molecule has 0 aliphatic rings. The van der Waals surface area contributed by atoms with E-state index in [9.17, 15) is 13.5 Å². The third kappa shape index (κ3) is 5.11. The summed E-state index contributed by atoms with van der Waals surface area (Å²) >= 11 is 0. The second kappa shape index (κ2) is 6.56. The Kier molecular flexibility index (Phi) is 5.56. The van der Waals surface area contributed by atoms with Gasteiger partial charge in [-0.25, -0.2) is 13.1 Å². The summed E-state index contributed by atoms with van der Waals surface area (Å²) in [7, 11) is -2.17. The van der Waals surface area contributed by atoms with E-state index in [-0.39, 0.29) is 17.4 Å². The lowest BCUT2D eigenvalue weighted by Crippen LogP contribution is -2.41. The number of aliphatic hydroxyl groups is 1. The van der Waals surface area contributed by atoms with Crippen molar-refractivity contribution in [1.82, 2.24) is 4.72 Å². The van der Waals surface area contributed by atoms with Gasteiger partial charge in [-0.2, -0.15) is 0 Å². The van der Waals surface area contributed by atoms with Crippen LogP contribution in [-0.2, 0) is 10.0 Å². The Morgan fingerprint density at radius 2 is 2.05 bits per heavy atom. The van der Waals surface area contributed by atoms with Gasteiger partial charge in [0.25, 0.3) is 0 Å². The Labute approximate surface area is 121 Å². The van der Waals surface area contributed by atoms with Gasteiger partial charge in [-0.1, -0.05) is 19.9 Å². The van der Waals surface area contributed by atoms with Gasteiger partial charge >= 0.3 is 0 Å². The van der Waals surface area contributed by atoms with E-state index in [0.717, 1.165) is 0 Å². The zero-order valence-corrected chi connectivity index (χ0v) is 13.2. The van der Waals surface area contributed by atoms with Crippen LogP contribution in [0.4, 0.5) is 0 Å². The van der Waals surface area contributed by atoms with Crippen molar-refractivity contribution in [3.05, 3.63) is 24.3 Å². The molecular weight excluding hydrogens is 278 g/mol. The lowest BCUT2D eigenvalue weighted by Gasteiger charge is -2.25. The Hall–Kier alpha value is -1.11. The van der Waals surface area contributed by atoms with Crippen LogP contribution in [0.2, 0.25) is 0 Å². The van der Waals surface area contributed by atoms with Gasteiger partial charge in [0.1, 0.15) is 5.75 Å². The first-order valence-corrected chi connectivity index (χ1v) is 8.01. The molecule has 20 heavy (non-hydrogen) atoms. The Morgan fingerprint density at radius 3 is 2.60 bits per heavy atom. The van der Waals surface area contributed by atoms with Crippen LogP contribution in [0.1, 0.15) is 27.2 Å². The summed E-state index contributed by atoms with van der Waals surface area (Å²) in [5, 5.41) is 10.1. The number of benzene rings is 1. The minimum atomic E-state index is -3.65. The number of methoxy groups -OCH3 is 1. The van der Waals surface area contributed by atoms with Gasteiger partial charge in [-0.15, -0.1) is 0 Å². The summed E-state index contributed by atoms with van der Waals surface area (Å²) in [4.78, 5) is 0.122. The first kappa shape index (κ1) is 16.9. The second-order valence-corrected chi connectivity index (χ2v) is 7.37. The topological polar surface area (TPSA) is 75.6 Å². The van der Waals surface area contributed by atoms with E-state index in [1.54, 1.807) is 19.1 Å². The molecule has 5 nitrogen and oxygen atoms in total. The van der Waals surface area contributed by atoms with Crippen LogP contribution in [0.5, 0.6) is 5.75 Å². The van der Waals surface area contributed by atoms with Gasteiger partial charge in [-0.05, 0) is 31.4 Å². The molecule has 0 bridgehead atoms. The Bertz CT molecular complexity index is 538. The van der Waals surface area contributed by atoms with Crippen molar-refractivity contribution < 1.29 is 18.3 Å². The molecule has 0 aliphatic carbocycles. The molecule has 0 fully saturated rings. The fourth-order valence-corrected chi connectivity index (χ4v) is 3.25. The standard InChI is InChI=1S/C14H23NO4S/c1-11(2)9-14(3,16)10-15-20(17,18)13-7-5-6-12(8-13)19-4/h5-8,11,15-16H,9-10H2,1-4H3. The first-order chi connectivity index (χ1) is 9.16. The predicted octanol–water partition coefficient (Wildman–Crippen LogP) is 1.77. The average Bonchev–Trinajstić information content (AvgIpc) is 2.35. The summed E-state index contributed by atoms with van der Waals surface area (Å²) in [6.07, 6.45) is 0.521. The van der Waals surface area contributed by atoms with E-state index in [2.05, 4.69) is 4.72 Å². The quantitative estimate of drug-likeness (QED) is 0.805. The number of hydrogen-bond acceptors (Lipinski definition) is 4. The fraction of sp³-hybridized carbons (Fsp3) is 0.571. The van der Waals surface area contributed by atoms with Crippen molar-refractivity contribution in [2.24, 2.45) is 5.92 Å². The monoisotopic (exact) mass is 301 g/mol. The number of hydrogen-bond donors (Lipinski definition) is 2. The maximum atomic E-state index is 12.2. The second-order valence-electron chi connectivity index (χ2n) is 5.60. The molecule has 0 spiro atoms. The van der Waals surface area contributed by atoms with Crippen LogP contribution in [0, 0.1) is 5.92 Å². The average molecular weight is 301 g/mol. The van der Waals surface area contributed by atoms with E-state index in [0.29, 0.717) is 12.2 Å². The van der Waals surface area contributed by atoms with Crippen molar-refractivity contribution in [2.45, 2.75) is 37.7 Å². The zero-order valence-electron chi connectivity index (χ0n) is 12.4. The van der Waals surface area contributed by atoms with Gasteiger partial charge in [0.2, 0.25) is 10.0 Å². The van der Waals surface area contributed by atoms with Crippen LogP contribution in [0.3, 0.4) is 0 Å². The molecular formula is C14H23NO4S. The van der Waals surface area contributed by atoms with Crippen LogP contribution >= 0.6 is 0 Å². The molecule has 0 heterocycles. The summed E-state index contributed by atoms with van der Waals surface area (Å²) in [5.41, 5.74) is -1.07. The van der Waals surface area contributed by atoms with Gasteiger partial charge < -0.3 is 9.84 Å². The molecule has 1 aromatic carbocycles. The highest BCUT2D eigenvalue weighted by atomic mass is 32.2. The third-order valence-corrected chi connectivity index (χ3v) is 4.24. The third-order valence-electron chi connectivity index (χ3n) is 2.84. The Morgan fingerprint density at radius 1 is 1.40 bits per heavy atom. The molecule has 0 saturated carbocycles. The molecule has 6 heteroatoms. The van der Waals surface area contributed by atoms with Crippen molar-refractivity contribution in [2.75, 3.05) is 13.7 Å². The molecule has 0 radical (unpaired) electrons.